The Bertz CT molecular complexity index is 903. The van der Waals surface area contributed by atoms with Gasteiger partial charge in [-0.25, -0.2) is 16.0 Å². The molecule has 1 N–H and O–H groups in total. The predicted molar refractivity (Wildman–Crippen MR) is 127 cm³/mol. The highest BCUT2D eigenvalue weighted by Gasteiger charge is 2.45. The van der Waals surface area contributed by atoms with Crippen molar-refractivity contribution in [2.75, 3.05) is 26.4 Å². The van der Waals surface area contributed by atoms with Crippen molar-refractivity contribution in [2.45, 2.75) is 65.1 Å². The zero-order valence-electron chi connectivity index (χ0n) is 20.0. The average molecular weight is 483 g/mol. The van der Waals surface area contributed by atoms with Gasteiger partial charge in [0.2, 0.25) is 6.54 Å². The topological polar surface area (TPSA) is 99.4 Å². The first-order chi connectivity index (χ1) is 15.7. The van der Waals surface area contributed by atoms with E-state index in [1.165, 1.54) is 16.8 Å². The SMILES string of the molecule is [C-]#[N+]CCOP(OC[C@H]1O[C@@H](n2ccc(=O)[nH]c2=O)[C@H](OCC=C)[C@@H]1C)N(C(C)C)C(C)C. The van der Waals surface area contributed by atoms with Gasteiger partial charge in [0, 0.05) is 30.3 Å². The quantitative estimate of drug-likeness (QED) is 0.200. The molecule has 10 nitrogen and oxygen atoms in total. The van der Waals surface area contributed by atoms with E-state index in [2.05, 4.69) is 48.8 Å². The number of hydrogen-bond donors (Lipinski definition) is 1. The van der Waals surface area contributed by atoms with Gasteiger partial charge < -0.3 is 23.4 Å². The molecular formula is C22H35N4O6P. The Morgan fingerprint density at radius 2 is 2.03 bits per heavy atom. The minimum absolute atomic E-state index is 0.111. The number of rotatable bonds is 13. The van der Waals surface area contributed by atoms with E-state index in [4.69, 9.17) is 25.1 Å². The van der Waals surface area contributed by atoms with E-state index < -0.39 is 32.1 Å². The molecule has 0 spiro atoms. The van der Waals surface area contributed by atoms with Gasteiger partial charge in [-0.3, -0.25) is 14.3 Å². The van der Waals surface area contributed by atoms with E-state index >= 15 is 0 Å². The van der Waals surface area contributed by atoms with Crippen LogP contribution in [0.2, 0.25) is 0 Å². The summed E-state index contributed by atoms with van der Waals surface area (Å²) in [6.45, 7) is 22.0. The maximum absolute atomic E-state index is 12.4. The van der Waals surface area contributed by atoms with Crippen LogP contribution in [0.4, 0.5) is 0 Å². The molecule has 1 aliphatic rings. The third-order valence-electron chi connectivity index (χ3n) is 5.23. The van der Waals surface area contributed by atoms with Crippen LogP contribution in [0.5, 0.6) is 0 Å². The van der Waals surface area contributed by atoms with E-state index in [-0.39, 0.29) is 43.9 Å². The molecule has 0 radical (unpaired) electrons. The minimum atomic E-state index is -1.42. The number of aromatic amines is 1. The summed E-state index contributed by atoms with van der Waals surface area (Å²) >= 11 is 0. The van der Waals surface area contributed by atoms with Crippen molar-refractivity contribution in [1.29, 1.82) is 0 Å². The summed E-state index contributed by atoms with van der Waals surface area (Å²) in [4.78, 5) is 29.5. The van der Waals surface area contributed by atoms with Crippen molar-refractivity contribution in [3.05, 3.63) is 57.2 Å². The van der Waals surface area contributed by atoms with Gasteiger partial charge in [0.25, 0.3) is 14.1 Å². The lowest BCUT2D eigenvalue weighted by Gasteiger charge is -2.36. The second kappa shape index (κ2) is 13.1. The molecule has 5 atom stereocenters. The average Bonchev–Trinajstić information content (AvgIpc) is 3.05. The molecule has 1 aromatic rings. The maximum atomic E-state index is 12.4. The lowest BCUT2D eigenvalue weighted by atomic mass is 10.0. The Morgan fingerprint density at radius 3 is 2.61 bits per heavy atom. The van der Waals surface area contributed by atoms with Crippen LogP contribution in [-0.2, 0) is 18.5 Å². The number of H-pyrrole nitrogens is 1. The Morgan fingerprint density at radius 1 is 1.33 bits per heavy atom. The molecule has 11 heteroatoms. The number of nitrogens with zero attached hydrogens (tertiary/aromatic N) is 3. The molecule has 0 bridgehead atoms. The second-order valence-corrected chi connectivity index (χ2v) is 9.80. The molecule has 33 heavy (non-hydrogen) atoms. The number of hydrogen-bond acceptors (Lipinski definition) is 7. The Kier molecular flexibility index (Phi) is 10.9. The van der Waals surface area contributed by atoms with E-state index in [9.17, 15) is 9.59 Å². The molecule has 1 aromatic heterocycles. The van der Waals surface area contributed by atoms with Crippen molar-refractivity contribution < 1.29 is 18.5 Å². The standard InChI is InChI=1S/C22H35N4O6P/c1-8-12-29-20-17(6)18(32-21(20)25-11-9-19(27)24-22(25)28)14-31-33(30-13-10-23-7)26(15(2)3)16(4)5/h8-9,11,15-18,20-21H,1,10,12-14H2,2-6H3,(H,24,27,28)/t17-,18-,20-,21-,33?/m1/s1. The van der Waals surface area contributed by atoms with Gasteiger partial charge in [-0.2, -0.15) is 0 Å². The molecule has 184 valence electrons. The van der Waals surface area contributed by atoms with Gasteiger partial charge in [-0.05, 0) is 27.7 Å². The number of ether oxygens (including phenoxy) is 2. The van der Waals surface area contributed by atoms with Crippen molar-refractivity contribution in [3.63, 3.8) is 0 Å². The lowest BCUT2D eigenvalue weighted by Crippen LogP contribution is -2.37. The molecular weight excluding hydrogens is 447 g/mol. The van der Waals surface area contributed by atoms with Crippen LogP contribution in [0.3, 0.4) is 0 Å². The smallest absolute Gasteiger partial charge is 0.330 e. The third kappa shape index (κ3) is 7.31. The molecule has 0 aromatic carbocycles. The van der Waals surface area contributed by atoms with Crippen molar-refractivity contribution in [2.24, 2.45) is 5.92 Å². The fourth-order valence-electron chi connectivity index (χ4n) is 3.75. The first kappa shape index (κ1) is 27.4. The van der Waals surface area contributed by atoms with Gasteiger partial charge in [0.05, 0.1) is 19.3 Å². The van der Waals surface area contributed by atoms with Crippen LogP contribution in [0.15, 0.2) is 34.5 Å². The van der Waals surface area contributed by atoms with Crippen LogP contribution >= 0.6 is 8.53 Å². The summed E-state index contributed by atoms with van der Waals surface area (Å²) in [6, 6.07) is 1.64. The molecule has 1 fully saturated rings. The van der Waals surface area contributed by atoms with Gasteiger partial charge in [0.1, 0.15) is 12.7 Å². The molecule has 1 unspecified atom stereocenters. The zero-order chi connectivity index (χ0) is 24.5. The summed E-state index contributed by atoms with van der Waals surface area (Å²) in [5.41, 5.74) is -1.04. The number of aromatic nitrogens is 2. The van der Waals surface area contributed by atoms with E-state index in [1.54, 1.807) is 6.08 Å². The fraction of sp³-hybridized carbons (Fsp3) is 0.682. The summed E-state index contributed by atoms with van der Waals surface area (Å²) in [7, 11) is -1.42. The van der Waals surface area contributed by atoms with Crippen molar-refractivity contribution >= 4 is 8.53 Å². The maximum Gasteiger partial charge on any atom is 0.330 e. The molecule has 1 saturated heterocycles. The Balaban J connectivity index is 2.21. The van der Waals surface area contributed by atoms with E-state index in [0.717, 1.165) is 0 Å². The first-order valence-electron chi connectivity index (χ1n) is 11.1. The van der Waals surface area contributed by atoms with Gasteiger partial charge in [-0.15, -0.1) is 6.58 Å². The highest BCUT2D eigenvalue weighted by atomic mass is 31.2. The summed E-state index contributed by atoms with van der Waals surface area (Å²) in [6.07, 6.45) is 1.50. The zero-order valence-corrected chi connectivity index (χ0v) is 20.9. The summed E-state index contributed by atoms with van der Waals surface area (Å²) < 4.78 is 27.8. The lowest BCUT2D eigenvalue weighted by molar-refractivity contribution is -0.0671. The number of nitrogens with one attached hydrogen (secondary N) is 1. The van der Waals surface area contributed by atoms with Crippen LogP contribution in [0, 0.1) is 12.5 Å². The van der Waals surface area contributed by atoms with Crippen LogP contribution in [0.25, 0.3) is 4.85 Å². The highest BCUT2D eigenvalue weighted by Crippen LogP contribution is 2.47. The second-order valence-electron chi connectivity index (χ2n) is 8.34. The van der Waals surface area contributed by atoms with Crippen molar-refractivity contribution in [1.82, 2.24) is 14.2 Å². The monoisotopic (exact) mass is 482 g/mol. The first-order valence-corrected chi connectivity index (χ1v) is 12.2. The predicted octanol–water partition coefficient (Wildman–Crippen LogP) is 2.94. The third-order valence-corrected chi connectivity index (χ3v) is 7.31. The molecule has 0 amide bonds. The Labute approximate surface area is 196 Å². The normalized spacial score (nSPS) is 23.8. The van der Waals surface area contributed by atoms with Gasteiger partial charge in [0.15, 0.2) is 6.23 Å². The highest BCUT2D eigenvalue weighted by molar-refractivity contribution is 7.44. The summed E-state index contributed by atoms with van der Waals surface area (Å²) in [5.74, 6) is -0.111. The van der Waals surface area contributed by atoms with Crippen LogP contribution < -0.4 is 11.2 Å². The molecule has 0 aliphatic carbocycles. The van der Waals surface area contributed by atoms with Gasteiger partial charge in [-0.1, -0.05) is 13.0 Å². The molecule has 0 saturated carbocycles. The molecule has 2 heterocycles. The molecule has 2 rings (SSSR count). The Hall–Kier alpha value is -1.86. The van der Waals surface area contributed by atoms with Crippen LogP contribution in [0.1, 0.15) is 40.8 Å². The fourth-order valence-corrected chi connectivity index (χ4v) is 5.36. The largest absolute Gasteiger partial charge is 0.369 e. The van der Waals surface area contributed by atoms with Crippen LogP contribution in [-0.4, -0.2) is 64.9 Å². The molecule has 1 aliphatic heterocycles. The minimum Gasteiger partial charge on any atom is -0.369 e. The van der Waals surface area contributed by atoms with Crippen molar-refractivity contribution in [3.8, 4) is 0 Å². The summed E-state index contributed by atoms with van der Waals surface area (Å²) in [5, 5.41) is 0. The van der Waals surface area contributed by atoms with E-state index in [1.807, 2.05) is 6.92 Å². The van der Waals surface area contributed by atoms with Gasteiger partial charge >= 0.3 is 5.69 Å². The van der Waals surface area contributed by atoms with E-state index in [0.29, 0.717) is 6.61 Å².